The molecule has 1 aliphatic rings. The Morgan fingerprint density at radius 2 is 2.07 bits per heavy atom. The van der Waals surface area contributed by atoms with Crippen LogP contribution < -0.4 is 10.6 Å². The molecule has 1 fully saturated rings. The molecule has 3 rings (SSSR count). The average molecular weight is 483 g/mol. The molecule has 0 bridgehead atoms. The van der Waals surface area contributed by atoms with Gasteiger partial charge in [-0.3, -0.25) is 0 Å². The van der Waals surface area contributed by atoms with E-state index in [1.807, 2.05) is 12.1 Å². The Kier molecular flexibility index (Phi) is 9.03. The molecule has 1 aliphatic carbocycles. The first-order valence-corrected chi connectivity index (χ1v) is 9.75. The number of rotatable bonds is 7. The van der Waals surface area contributed by atoms with Gasteiger partial charge in [-0.25, -0.2) is 4.99 Å². The highest BCUT2D eigenvalue weighted by atomic mass is 127. The van der Waals surface area contributed by atoms with Crippen LogP contribution in [0.3, 0.4) is 0 Å². The van der Waals surface area contributed by atoms with Gasteiger partial charge < -0.3 is 15.2 Å². The third-order valence-corrected chi connectivity index (χ3v) is 4.58. The molecule has 0 amide bonds. The van der Waals surface area contributed by atoms with Crippen LogP contribution in [0.4, 0.5) is 0 Å². The highest BCUT2D eigenvalue weighted by Crippen LogP contribution is 2.20. The smallest absolute Gasteiger partial charge is 0.257 e. The maximum absolute atomic E-state index is 5.39. The van der Waals surface area contributed by atoms with Gasteiger partial charge in [-0.05, 0) is 43.9 Å². The number of nitrogens with one attached hydrogen (secondary N) is 2. The first kappa shape index (κ1) is 21.7. The van der Waals surface area contributed by atoms with Crippen LogP contribution in [-0.4, -0.2) is 28.7 Å². The minimum atomic E-state index is 0. The maximum atomic E-state index is 5.39. The van der Waals surface area contributed by atoms with Gasteiger partial charge in [0.05, 0.1) is 6.54 Å². The number of aliphatic imine (C=N–C) groups is 1. The summed E-state index contributed by atoms with van der Waals surface area (Å²) in [5, 5.41) is 10.9. The lowest BCUT2D eigenvalue weighted by atomic mass is 10.1. The zero-order valence-corrected chi connectivity index (χ0v) is 18.5. The van der Waals surface area contributed by atoms with Crippen molar-refractivity contribution in [1.29, 1.82) is 0 Å². The van der Waals surface area contributed by atoms with Crippen molar-refractivity contribution in [3.8, 4) is 11.5 Å². The molecule has 1 aromatic carbocycles. The van der Waals surface area contributed by atoms with Crippen LogP contribution in [-0.2, 0) is 13.0 Å². The Morgan fingerprint density at radius 1 is 1.26 bits per heavy atom. The quantitative estimate of drug-likeness (QED) is 0.349. The Hall–Kier alpha value is -1.64. The predicted octanol–water partition coefficient (Wildman–Crippen LogP) is 4.30. The van der Waals surface area contributed by atoms with Gasteiger partial charge in [0.25, 0.3) is 5.89 Å². The molecule has 6 nitrogen and oxygen atoms in total. The molecule has 0 aliphatic heterocycles. The number of nitrogens with zero attached hydrogens (tertiary/aromatic N) is 3. The van der Waals surface area contributed by atoms with Gasteiger partial charge in [0.1, 0.15) is 0 Å². The SMILES string of the molecule is CCCc1noc(-c2cccc(CN=C(NCC)NC3CCCC3)c2)n1.I. The highest BCUT2D eigenvalue weighted by Gasteiger charge is 2.15. The lowest BCUT2D eigenvalue weighted by molar-refractivity contribution is 0.422. The molecule has 2 aromatic rings. The second-order valence-electron chi connectivity index (χ2n) is 6.79. The Bertz CT molecular complexity index is 725. The van der Waals surface area contributed by atoms with E-state index in [9.17, 15) is 0 Å². The number of hydrogen-bond acceptors (Lipinski definition) is 4. The third kappa shape index (κ3) is 6.48. The minimum absolute atomic E-state index is 0. The summed E-state index contributed by atoms with van der Waals surface area (Å²) in [5.41, 5.74) is 2.07. The normalized spacial score (nSPS) is 14.8. The molecule has 148 valence electrons. The van der Waals surface area contributed by atoms with Crippen molar-refractivity contribution in [2.45, 2.75) is 65.0 Å². The van der Waals surface area contributed by atoms with Gasteiger partial charge in [-0.2, -0.15) is 4.98 Å². The van der Waals surface area contributed by atoms with E-state index in [1.54, 1.807) is 0 Å². The monoisotopic (exact) mass is 483 g/mol. The fraction of sp³-hybridized carbons (Fsp3) is 0.550. The van der Waals surface area contributed by atoms with Crippen molar-refractivity contribution in [2.24, 2.45) is 4.99 Å². The zero-order chi connectivity index (χ0) is 18.2. The summed E-state index contributed by atoms with van der Waals surface area (Å²) >= 11 is 0. The molecule has 0 saturated heterocycles. The van der Waals surface area contributed by atoms with Crippen molar-refractivity contribution in [3.63, 3.8) is 0 Å². The van der Waals surface area contributed by atoms with E-state index in [4.69, 9.17) is 9.52 Å². The Morgan fingerprint density at radius 3 is 2.81 bits per heavy atom. The van der Waals surface area contributed by atoms with E-state index >= 15 is 0 Å². The van der Waals surface area contributed by atoms with Crippen molar-refractivity contribution in [2.75, 3.05) is 6.54 Å². The van der Waals surface area contributed by atoms with Crippen LogP contribution in [0.5, 0.6) is 0 Å². The molecule has 0 radical (unpaired) electrons. The molecule has 0 spiro atoms. The average Bonchev–Trinajstić information content (AvgIpc) is 3.33. The van der Waals surface area contributed by atoms with Crippen molar-refractivity contribution >= 4 is 29.9 Å². The van der Waals surface area contributed by atoms with Gasteiger partial charge >= 0.3 is 0 Å². The summed E-state index contributed by atoms with van der Waals surface area (Å²) in [6, 6.07) is 8.72. The largest absolute Gasteiger partial charge is 0.357 e. The summed E-state index contributed by atoms with van der Waals surface area (Å²) < 4.78 is 5.39. The van der Waals surface area contributed by atoms with E-state index in [0.29, 0.717) is 18.5 Å². The van der Waals surface area contributed by atoms with Crippen molar-refractivity contribution in [3.05, 3.63) is 35.7 Å². The van der Waals surface area contributed by atoms with Gasteiger partial charge in [0, 0.05) is 24.6 Å². The number of hydrogen-bond donors (Lipinski definition) is 2. The molecule has 1 aromatic heterocycles. The molecule has 0 atom stereocenters. The molecule has 7 heteroatoms. The van der Waals surface area contributed by atoms with Crippen molar-refractivity contribution in [1.82, 2.24) is 20.8 Å². The summed E-state index contributed by atoms with van der Waals surface area (Å²) in [6.07, 6.45) is 6.93. The summed E-state index contributed by atoms with van der Waals surface area (Å²) in [5.74, 6) is 2.24. The summed E-state index contributed by atoms with van der Waals surface area (Å²) in [4.78, 5) is 9.21. The van der Waals surface area contributed by atoms with Crippen LogP contribution in [0, 0.1) is 0 Å². The Balaban J connectivity index is 0.00000261. The standard InChI is InChI=1S/C20H29N5O.HI/c1-3-8-18-24-19(26-25-18)16-10-7-9-15(13-16)14-22-20(21-4-2)23-17-11-5-6-12-17;/h7,9-10,13,17H,3-6,8,11-12,14H2,1-2H3,(H2,21,22,23);1H. The predicted molar refractivity (Wildman–Crippen MR) is 119 cm³/mol. The Labute approximate surface area is 178 Å². The maximum Gasteiger partial charge on any atom is 0.257 e. The van der Waals surface area contributed by atoms with E-state index in [0.717, 1.165) is 42.3 Å². The number of aromatic nitrogens is 2. The minimum Gasteiger partial charge on any atom is -0.357 e. The molecule has 1 saturated carbocycles. The van der Waals surface area contributed by atoms with E-state index in [1.165, 1.54) is 25.7 Å². The van der Waals surface area contributed by atoms with E-state index in [2.05, 4.69) is 46.8 Å². The first-order valence-electron chi connectivity index (χ1n) is 9.75. The van der Waals surface area contributed by atoms with Crippen molar-refractivity contribution < 1.29 is 4.52 Å². The molecule has 2 N–H and O–H groups in total. The van der Waals surface area contributed by atoms with Crippen LogP contribution >= 0.6 is 24.0 Å². The van der Waals surface area contributed by atoms with Crippen LogP contribution in [0.1, 0.15) is 57.3 Å². The second-order valence-corrected chi connectivity index (χ2v) is 6.79. The van der Waals surface area contributed by atoms with Crippen LogP contribution in [0.15, 0.2) is 33.8 Å². The fourth-order valence-electron chi connectivity index (χ4n) is 3.25. The number of benzene rings is 1. The second kappa shape index (κ2) is 11.3. The first-order chi connectivity index (χ1) is 12.8. The van der Waals surface area contributed by atoms with E-state index in [-0.39, 0.29) is 24.0 Å². The topological polar surface area (TPSA) is 75.3 Å². The number of halogens is 1. The highest BCUT2D eigenvalue weighted by molar-refractivity contribution is 14.0. The van der Waals surface area contributed by atoms with Crippen LogP contribution in [0.2, 0.25) is 0 Å². The molecule has 1 heterocycles. The van der Waals surface area contributed by atoms with Gasteiger partial charge in [0.15, 0.2) is 11.8 Å². The summed E-state index contributed by atoms with van der Waals surface area (Å²) in [6.45, 7) is 5.68. The van der Waals surface area contributed by atoms with Gasteiger partial charge in [-0.1, -0.05) is 37.1 Å². The molecule has 27 heavy (non-hydrogen) atoms. The number of guanidine groups is 1. The van der Waals surface area contributed by atoms with Gasteiger partial charge in [0.2, 0.25) is 0 Å². The lowest BCUT2D eigenvalue weighted by Crippen LogP contribution is -2.42. The van der Waals surface area contributed by atoms with E-state index < -0.39 is 0 Å². The molecular formula is C20H30IN5O. The molecule has 0 unspecified atom stereocenters. The summed E-state index contributed by atoms with van der Waals surface area (Å²) in [7, 11) is 0. The third-order valence-electron chi connectivity index (χ3n) is 4.58. The fourth-order valence-corrected chi connectivity index (χ4v) is 3.25. The number of aryl methyl sites for hydroxylation is 1. The van der Waals surface area contributed by atoms with Gasteiger partial charge in [-0.15, -0.1) is 24.0 Å². The lowest BCUT2D eigenvalue weighted by Gasteiger charge is -2.16. The zero-order valence-electron chi connectivity index (χ0n) is 16.2. The van der Waals surface area contributed by atoms with Crippen LogP contribution in [0.25, 0.3) is 11.5 Å². The molecular weight excluding hydrogens is 453 g/mol.